The molecule has 0 spiro atoms. The minimum atomic E-state index is -4.78. The highest BCUT2D eigenvalue weighted by Crippen LogP contribution is 2.42. The summed E-state index contributed by atoms with van der Waals surface area (Å²) >= 11 is 0. The van der Waals surface area contributed by atoms with Gasteiger partial charge < -0.3 is 0 Å². The zero-order valence-electron chi connectivity index (χ0n) is 17.5. The van der Waals surface area contributed by atoms with Crippen molar-refractivity contribution in [1.82, 2.24) is 0 Å². The van der Waals surface area contributed by atoms with E-state index in [1.54, 1.807) is 13.0 Å². The molecule has 0 atom stereocenters. The predicted molar refractivity (Wildman–Crippen MR) is 101 cm³/mol. The van der Waals surface area contributed by atoms with Crippen LogP contribution in [0.4, 0.5) is 39.5 Å². The Labute approximate surface area is 175 Å². The third kappa shape index (κ3) is 7.47. The maximum atomic E-state index is 12.6. The molecule has 2 aromatic carbocycles. The zero-order chi connectivity index (χ0) is 24.4. The fourth-order valence-electron chi connectivity index (χ4n) is 2.99. The molecule has 0 saturated carbocycles. The van der Waals surface area contributed by atoms with E-state index in [0.717, 1.165) is 11.6 Å². The normalized spacial score (nSPS) is 12.8. The second kappa shape index (κ2) is 9.53. The number of rotatable bonds is 2. The van der Waals surface area contributed by atoms with Gasteiger partial charge in [0.1, 0.15) is 0 Å². The molecule has 9 heteroatoms. The van der Waals surface area contributed by atoms with E-state index in [-0.39, 0.29) is 5.92 Å². The molecule has 0 aliphatic carbocycles. The maximum absolute atomic E-state index is 12.6. The quantitative estimate of drug-likeness (QED) is 0.394. The number of hydrogen-bond donors (Lipinski definition) is 0. The highest BCUT2D eigenvalue weighted by atomic mass is 19.4. The highest BCUT2D eigenvalue weighted by molar-refractivity contribution is 5.41. The lowest BCUT2D eigenvalue weighted by atomic mass is 9.91. The van der Waals surface area contributed by atoms with E-state index in [9.17, 15) is 39.5 Å². The van der Waals surface area contributed by atoms with Crippen LogP contribution in [0.5, 0.6) is 0 Å². The second-order valence-electron chi connectivity index (χ2n) is 7.70. The summed E-state index contributed by atoms with van der Waals surface area (Å²) in [6, 6.07) is 6.30. The molecular weight excluding hydrogens is 435 g/mol. The van der Waals surface area contributed by atoms with E-state index in [0.29, 0.717) is 17.7 Å². The van der Waals surface area contributed by atoms with Gasteiger partial charge in [-0.25, -0.2) is 0 Å². The minimum absolute atomic E-state index is 0.121. The summed E-state index contributed by atoms with van der Waals surface area (Å²) in [5, 5.41) is 0. The summed E-state index contributed by atoms with van der Waals surface area (Å²) in [6.07, 6.45) is -13.8. The van der Waals surface area contributed by atoms with Crippen LogP contribution in [0.3, 0.4) is 0 Å². The Bertz CT molecular complexity index is 838. The molecule has 0 nitrogen and oxygen atoms in total. The molecule has 0 unspecified atom stereocenters. The third-order valence-electron chi connectivity index (χ3n) is 4.39. The Hall–Kier alpha value is -2.19. The third-order valence-corrected chi connectivity index (χ3v) is 4.39. The van der Waals surface area contributed by atoms with Gasteiger partial charge in [-0.15, -0.1) is 0 Å². The topological polar surface area (TPSA) is 0 Å². The summed E-state index contributed by atoms with van der Waals surface area (Å²) < 4.78 is 113. The van der Waals surface area contributed by atoms with Crippen LogP contribution in [0, 0.1) is 6.92 Å². The molecule has 0 heterocycles. The summed E-state index contributed by atoms with van der Waals surface area (Å²) in [7, 11) is 0. The minimum Gasteiger partial charge on any atom is -0.166 e. The van der Waals surface area contributed by atoms with Crippen LogP contribution >= 0.6 is 0 Å². The lowest BCUT2D eigenvalue weighted by molar-refractivity contribution is -0.144. The van der Waals surface area contributed by atoms with E-state index in [4.69, 9.17) is 0 Å². The van der Waals surface area contributed by atoms with Crippen molar-refractivity contribution in [3.05, 3.63) is 69.8 Å². The summed E-state index contributed by atoms with van der Waals surface area (Å²) in [6.45, 7) is 8.06. The van der Waals surface area contributed by atoms with Gasteiger partial charge in [-0.05, 0) is 54.2 Å². The van der Waals surface area contributed by atoms with Gasteiger partial charge in [0, 0.05) is 0 Å². The molecule has 2 aromatic rings. The molecule has 0 N–H and O–H groups in total. The Morgan fingerprint density at radius 2 is 1.06 bits per heavy atom. The Kier molecular flexibility index (Phi) is 8.25. The lowest BCUT2D eigenvalue weighted by Crippen LogP contribution is -2.17. The standard InChI is InChI=1S/C11H10F6.C11H13F3/c1-6(2)9-7(10(12,13)14)4-3-5-8(9)11(15,16)17;1-7(2)9-4-8(3)5-10(6-9)11(12,13)14/h3-6H,1-2H3;4-7H,1-3H3. The summed E-state index contributed by atoms with van der Waals surface area (Å²) in [4.78, 5) is 0. The van der Waals surface area contributed by atoms with Crippen LogP contribution in [-0.4, -0.2) is 0 Å². The average Bonchev–Trinajstić information content (AvgIpc) is 2.58. The van der Waals surface area contributed by atoms with Gasteiger partial charge in [0.25, 0.3) is 0 Å². The highest BCUT2D eigenvalue weighted by Gasteiger charge is 2.41. The molecule has 0 bridgehead atoms. The largest absolute Gasteiger partial charge is 0.416 e. The van der Waals surface area contributed by atoms with Crippen LogP contribution in [0.15, 0.2) is 36.4 Å². The molecule has 2 rings (SSSR count). The van der Waals surface area contributed by atoms with E-state index in [2.05, 4.69) is 0 Å². The Balaban J connectivity index is 0.000000316. The molecule has 31 heavy (non-hydrogen) atoms. The van der Waals surface area contributed by atoms with Crippen LogP contribution in [0.2, 0.25) is 0 Å². The molecular formula is C22H23F9. The van der Waals surface area contributed by atoms with Crippen molar-refractivity contribution in [2.24, 2.45) is 0 Å². The first-order valence-electron chi connectivity index (χ1n) is 9.31. The summed E-state index contributed by atoms with van der Waals surface area (Å²) in [5.41, 5.74) is -2.31. The molecule has 0 amide bonds. The molecule has 0 radical (unpaired) electrons. The second-order valence-corrected chi connectivity index (χ2v) is 7.70. The van der Waals surface area contributed by atoms with E-state index >= 15 is 0 Å². The van der Waals surface area contributed by atoms with Crippen molar-refractivity contribution in [3.63, 3.8) is 0 Å². The molecule has 0 saturated heterocycles. The maximum Gasteiger partial charge on any atom is 0.416 e. The van der Waals surface area contributed by atoms with Gasteiger partial charge in [0.2, 0.25) is 0 Å². The Morgan fingerprint density at radius 3 is 1.39 bits per heavy atom. The van der Waals surface area contributed by atoms with Gasteiger partial charge in [0.15, 0.2) is 0 Å². The van der Waals surface area contributed by atoms with Crippen LogP contribution < -0.4 is 0 Å². The van der Waals surface area contributed by atoms with Crippen LogP contribution in [-0.2, 0) is 18.5 Å². The molecule has 174 valence electrons. The van der Waals surface area contributed by atoms with Crippen molar-refractivity contribution in [2.75, 3.05) is 0 Å². The number of halogens is 9. The fraction of sp³-hybridized carbons (Fsp3) is 0.455. The molecule has 0 aliphatic heterocycles. The smallest absolute Gasteiger partial charge is 0.166 e. The monoisotopic (exact) mass is 458 g/mol. The van der Waals surface area contributed by atoms with Crippen molar-refractivity contribution in [2.45, 2.75) is 65.0 Å². The first kappa shape index (κ1) is 26.8. The number of hydrogen-bond acceptors (Lipinski definition) is 0. The van der Waals surface area contributed by atoms with E-state index in [1.165, 1.54) is 26.0 Å². The van der Waals surface area contributed by atoms with Crippen molar-refractivity contribution in [1.29, 1.82) is 0 Å². The Morgan fingerprint density at radius 1 is 0.613 bits per heavy atom. The first-order chi connectivity index (χ1) is 13.9. The van der Waals surface area contributed by atoms with Gasteiger partial charge >= 0.3 is 18.5 Å². The van der Waals surface area contributed by atoms with Crippen molar-refractivity contribution >= 4 is 0 Å². The van der Waals surface area contributed by atoms with Gasteiger partial charge in [-0.1, -0.05) is 45.4 Å². The average molecular weight is 458 g/mol. The van der Waals surface area contributed by atoms with Crippen molar-refractivity contribution in [3.8, 4) is 0 Å². The molecule has 0 aliphatic rings. The predicted octanol–water partition coefficient (Wildman–Crippen LogP) is 8.98. The van der Waals surface area contributed by atoms with Crippen molar-refractivity contribution < 1.29 is 39.5 Å². The zero-order valence-corrected chi connectivity index (χ0v) is 17.5. The fourth-order valence-corrected chi connectivity index (χ4v) is 2.99. The SMILES string of the molecule is CC(C)c1c(C(F)(F)F)cccc1C(F)(F)F.Cc1cc(C(C)C)cc(C(F)(F)F)c1. The lowest BCUT2D eigenvalue weighted by Gasteiger charge is -2.20. The van der Waals surface area contributed by atoms with Gasteiger partial charge in [0.05, 0.1) is 16.7 Å². The van der Waals surface area contributed by atoms with Crippen LogP contribution in [0.25, 0.3) is 0 Å². The van der Waals surface area contributed by atoms with Gasteiger partial charge in [-0.3, -0.25) is 0 Å². The molecule has 0 aromatic heterocycles. The number of aryl methyl sites for hydroxylation is 1. The number of alkyl halides is 9. The summed E-state index contributed by atoms with van der Waals surface area (Å²) in [5.74, 6) is -0.736. The van der Waals surface area contributed by atoms with E-state index in [1.807, 2.05) is 13.8 Å². The van der Waals surface area contributed by atoms with E-state index < -0.39 is 46.7 Å². The first-order valence-corrected chi connectivity index (χ1v) is 9.31. The number of benzene rings is 2. The van der Waals surface area contributed by atoms with Crippen LogP contribution in [0.1, 0.15) is 72.9 Å². The molecule has 0 fully saturated rings. The van der Waals surface area contributed by atoms with Gasteiger partial charge in [-0.2, -0.15) is 39.5 Å².